The summed E-state index contributed by atoms with van der Waals surface area (Å²) in [7, 11) is 0. The molecule has 0 fully saturated rings. The maximum absolute atomic E-state index is 13.8. The number of nitrogens with zero attached hydrogens (tertiary/aromatic N) is 5. The molecular formula is C23H23F6N7O4. The van der Waals surface area contributed by atoms with Crippen LogP contribution in [0, 0.1) is 9.81 Å². The first kappa shape index (κ1) is 30.4. The first-order chi connectivity index (χ1) is 18.7. The Kier molecular flexibility index (Phi) is 8.49. The maximum atomic E-state index is 13.8. The van der Waals surface area contributed by atoms with Crippen molar-refractivity contribution < 1.29 is 31.1 Å². The largest absolute Gasteiger partial charge is 0.430 e. The number of halogens is 6. The molecule has 0 saturated carbocycles. The highest BCUT2D eigenvalue weighted by atomic mass is 19.4. The van der Waals surface area contributed by atoms with Crippen LogP contribution < -0.4 is 22.3 Å². The van der Waals surface area contributed by atoms with E-state index in [1.54, 1.807) is 6.92 Å². The highest BCUT2D eigenvalue weighted by Gasteiger charge is 2.74. The van der Waals surface area contributed by atoms with Crippen LogP contribution in [0.15, 0.2) is 51.5 Å². The molecule has 0 atom stereocenters. The van der Waals surface area contributed by atoms with Crippen molar-refractivity contribution in [1.29, 1.82) is 0 Å². The van der Waals surface area contributed by atoms with E-state index in [1.807, 2.05) is 0 Å². The van der Waals surface area contributed by atoms with Gasteiger partial charge in [-0.1, -0.05) is 30.7 Å². The van der Waals surface area contributed by atoms with Crippen molar-refractivity contribution in [1.82, 2.24) is 9.58 Å². The Morgan fingerprint density at radius 2 is 1.60 bits per heavy atom. The quantitative estimate of drug-likeness (QED) is 0.0934. The lowest BCUT2D eigenvalue weighted by Crippen LogP contribution is -2.52. The first-order valence-electron chi connectivity index (χ1n) is 11.6. The number of hydrazine groups is 2. The van der Waals surface area contributed by atoms with E-state index in [0.29, 0.717) is 35.0 Å². The molecule has 0 bridgehead atoms. The van der Waals surface area contributed by atoms with E-state index in [1.165, 1.54) is 21.9 Å². The summed E-state index contributed by atoms with van der Waals surface area (Å²) in [5, 5.41) is 4.75. The molecule has 1 aromatic heterocycles. The number of carbonyl (C=O) groups excluding carboxylic acids is 1. The van der Waals surface area contributed by atoms with Gasteiger partial charge in [-0.05, 0) is 41.2 Å². The smallest absolute Gasteiger partial charge is 0.308 e. The molecule has 40 heavy (non-hydrogen) atoms. The molecule has 0 spiro atoms. The lowest BCUT2D eigenvalue weighted by molar-refractivity contribution is -0.301. The summed E-state index contributed by atoms with van der Waals surface area (Å²) in [4.78, 5) is 47.5. The van der Waals surface area contributed by atoms with E-state index in [0.717, 1.165) is 12.1 Å². The Morgan fingerprint density at radius 1 is 0.950 bits per heavy atom. The molecule has 11 nitrogen and oxygen atoms in total. The molecule has 0 unspecified atom stereocenters. The number of alkyl halides is 6. The molecule has 1 heterocycles. The van der Waals surface area contributed by atoms with E-state index < -0.39 is 35.0 Å². The van der Waals surface area contributed by atoms with Crippen molar-refractivity contribution in [3.8, 4) is 0 Å². The number of amides is 2. The number of pyridine rings is 1. The van der Waals surface area contributed by atoms with Gasteiger partial charge < -0.3 is 4.57 Å². The van der Waals surface area contributed by atoms with Crippen LogP contribution >= 0.6 is 0 Å². The van der Waals surface area contributed by atoms with Crippen LogP contribution in [0.25, 0.3) is 21.7 Å². The number of urea groups is 1. The molecule has 17 heteroatoms. The number of benzene rings is 2. The van der Waals surface area contributed by atoms with E-state index in [-0.39, 0.29) is 47.0 Å². The fourth-order valence-electron chi connectivity index (χ4n) is 4.24. The number of aromatic nitrogens is 1. The number of aryl methyl sites for hydroxylation is 1. The van der Waals surface area contributed by atoms with Gasteiger partial charge in [-0.25, -0.2) is 21.5 Å². The second kappa shape index (κ2) is 11.2. The molecule has 2 aromatic carbocycles. The van der Waals surface area contributed by atoms with Crippen LogP contribution in [0.2, 0.25) is 0 Å². The molecule has 0 aliphatic rings. The van der Waals surface area contributed by atoms with E-state index in [4.69, 9.17) is 11.7 Å². The minimum Gasteiger partial charge on any atom is -0.308 e. The molecule has 0 radical (unpaired) electrons. The van der Waals surface area contributed by atoms with Gasteiger partial charge in [0.05, 0.1) is 17.7 Å². The second-order valence-electron chi connectivity index (χ2n) is 8.77. The number of hydrogen-bond donors (Lipinski definition) is 2. The van der Waals surface area contributed by atoms with E-state index in [9.17, 15) is 45.7 Å². The van der Waals surface area contributed by atoms with Gasteiger partial charge in [-0.2, -0.15) is 31.2 Å². The molecule has 3 rings (SSSR count). The summed E-state index contributed by atoms with van der Waals surface area (Å²) in [6.07, 6.45) is -11.2. The standard InChI is InChI=1S/C23H23F6N7O4/c1-2-3-9-34-18-7-4-13(21(33-40,22(24,25)26)23(27,28)29)11-16(18)15-6-5-14(12-17(15)19(34)37)36(31)20(38)35(30)10-8-32-39/h4-7,11-12H,2-3,8-10,30-31H2,1H3. The van der Waals surface area contributed by atoms with Crippen LogP contribution in [0.5, 0.6) is 0 Å². The summed E-state index contributed by atoms with van der Waals surface area (Å²) in [5.74, 6) is 11.4. The van der Waals surface area contributed by atoms with Gasteiger partial charge in [-0.15, -0.1) is 4.91 Å². The third-order valence-corrected chi connectivity index (χ3v) is 6.33. The lowest BCUT2D eigenvalue weighted by Gasteiger charge is -2.31. The van der Waals surface area contributed by atoms with Crippen LogP contribution in [-0.2, 0) is 12.1 Å². The molecular weight excluding hydrogens is 552 g/mol. The molecule has 2 amide bonds. The Labute approximate surface area is 221 Å². The molecule has 0 aliphatic heterocycles. The number of anilines is 1. The highest BCUT2D eigenvalue weighted by molar-refractivity contribution is 6.07. The number of nitrogens with two attached hydrogens (primary N) is 2. The molecule has 216 valence electrons. The number of rotatable bonds is 9. The SMILES string of the molecule is CCCCn1c(=O)c2cc(N(N)C(=O)N(N)CCN=O)ccc2c2cc(C(N=O)(C(F)(F)F)C(F)(F)F)ccc21. The third kappa shape index (κ3) is 5.08. The Balaban J connectivity index is 2.35. The van der Waals surface area contributed by atoms with Gasteiger partial charge in [0.15, 0.2) is 0 Å². The van der Waals surface area contributed by atoms with Crippen LogP contribution in [-0.4, -0.2) is 41.0 Å². The van der Waals surface area contributed by atoms with E-state index >= 15 is 0 Å². The summed E-state index contributed by atoms with van der Waals surface area (Å²) < 4.78 is 83.9. The fraction of sp³-hybridized carbons (Fsp3) is 0.391. The van der Waals surface area contributed by atoms with Gasteiger partial charge in [0, 0.05) is 22.9 Å². The second-order valence-corrected chi connectivity index (χ2v) is 8.77. The maximum Gasteiger partial charge on any atom is 0.430 e. The topological polar surface area (TPSA) is 156 Å². The van der Waals surface area contributed by atoms with Crippen molar-refractivity contribution in [2.75, 3.05) is 18.1 Å². The van der Waals surface area contributed by atoms with Gasteiger partial charge in [-0.3, -0.25) is 9.80 Å². The zero-order chi connectivity index (χ0) is 30.0. The third-order valence-electron chi connectivity index (χ3n) is 6.33. The lowest BCUT2D eigenvalue weighted by atomic mass is 9.87. The summed E-state index contributed by atoms with van der Waals surface area (Å²) in [6, 6.07) is 4.38. The summed E-state index contributed by atoms with van der Waals surface area (Å²) in [6.45, 7) is 1.24. The van der Waals surface area contributed by atoms with Gasteiger partial charge in [0.1, 0.15) is 6.54 Å². The summed E-state index contributed by atoms with van der Waals surface area (Å²) in [5.41, 5.74) is -7.29. The minimum atomic E-state index is -6.13. The minimum absolute atomic E-state index is 0.0155. The monoisotopic (exact) mass is 575 g/mol. The number of nitroso groups, excluding NO2 is 2. The average molecular weight is 575 g/mol. The van der Waals surface area contributed by atoms with Crippen LogP contribution in [0.4, 0.5) is 36.8 Å². The van der Waals surface area contributed by atoms with E-state index in [2.05, 4.69) is 5.18 Å². The average Bonchev–Trinajstić information content (AvgIpc) is 2.89. The predicted molar refractivity (Wildman–Crippen MR) is 134 cm³/mol. The first-order valence-corrected chi connectivity index (χ1v) is 11.6. The Morgan fingerprint density at radius 3 is 2.15 bits per heavy atom. The van der Waals surface area contributed by atoms with Crippen LogP contribution in [0.1, 0.15) is 25.3 Å². The van der Waals surface area contributed by atoms with Gasteiger partial charge >= 0.3 is 23.9 Å². The van der Waals surface area contributed by atoms with Crippen molar-refractivity contribution in [3.05, 3.63) is 62.1 Å². The predicted octanol–water partition coefficient (Wildman–Crippen LogP) is 4.78. The van der Waals surface area contributed by atoms with Gasteiger partial charge in [0.2, 0.25) is 0 Å². The fourth-order valence-corrected chi connectivity index (χ4v) is 4.24. The normalized spacial score (nSPS) is 12.5. The van der Waals surface area contributed by atoms with Crippen molar-refractivity contribution >= 4 is 33.4 Å². The highest BCUT2D eigenvalue weighted by Crippen LogP contribution is 2.53. The Hall–Kier alpha value is -4.12. The zero-order valence-corrected chi connectivity index (χ0v) is 20.8. The number of fused-ring (bicyclic) bond motifs is 3. The summed E-state index contributed by atoms with van der Waals surface area (Å²) >= 11 is 0. The van der Waals surface area contributed by atoms with Gasteiger partial charge in [0.25, 0.3) is 5.56 Å². The number of unbranched alkanes of at least 4 members (excludes halogenated alkanes) is 1. The molecule has 0 aliphatic carbocycles. The van der Waals surface area contributed by atoms with Crippen molar-refractivity contribution in [2.24, 2.45) is 22.0 Å². The van der Waals surface area contributed by atoms with Crippen molar-refractivity contribution in [2.45, 2.75) is 44.2 Å². The van der Waals surface area contributed by atoms with Crippen molar-refractivity contribution in [3.63, 3.8) is 0 Å². The number of hydrogen-bond acceptors (Lipinski definition) is 8. The van der Waals surface area contributed by atoms with Crippen LogP contribution in [0.3, 0.4) is 0 Å². The zero-order valence-electron chi connectivity index (χ0n) is 20.8. The molecule has 0 saturated heterocycles. The number of carbonyl (C=O) groups is 1. The Bertz CT molecular complexity index is 1490. The molecule has 4 N–H and O–H groups in total. The molecule has 3 aromatic rings.